The molecule has 7 heteroatoms. The lowest BCUT2D eigenvalue weighted by Crippen LogP contribution is -2.26. The van der Waals surface area contributed by atoms with Crippen LogP contribution in [0.1, 0.15) is 30.7 Å². The highest BCUT2D eigenvalue weighted by atomic mass is 16.1. The summed E-state index contributed by atoms with van der Waals surface area (Å²) in [6, 6.07) is 10.3. The fraction of sp³-hybridized carbons (Fsp3) is 0.474. The highest BCUT2D eigenvalue weighted by Crippen LogP contribution is 2.10. The van der Waals surface area contributed by atoms with Crippen molar-refractivity contribution >= 4 is 17.8 Å². The third kappa shape index (κ3) is 6.31. The Morgan fingerprint density at radius 1 is 0.923 bits per heavy atom. The average molecular weight is 356 g/mol. The predicted octanol–water partition coefficient (Wildman–Crippen LogP) is 2.03. The Labute approximate surface area is 155 Å². The molecular formula is C19H28N6O. The van der Waals surface area contributed by atoms with Crippen LogP contribution in [0.5, 0.6) is 0 Å². The van der Waals surface area contributed by atoms with Crippen molar-refractivity contribution < 1.29 is 4.79 Å². The fourth-order valence-corrected chi connectivity index (χ4v) is 2.40. The Bertz CT molecular complexity index is 676. The number of hydrogen-bond acceptors (Lipinski definition) is 6. The standard InChI is InChI=1S/C19H28N6O/c1-24(2)18-21-16(22-19(23-18)25(3)4)14-20-17(26)13-9-8-12-15-10-6-5-7-11-15/h5-7,10-11H,8-9,12-14H2,1-4H3,(H,20,26). The number of nitrogens with one attached hydrogen (secondary N) is 1. The normalized spacial score (nSPS) is 10.5. The number of nitrogens with zero attached hydrogens (tertiary/aromatic N) is 5. The molecule has 1 N–H and O–H groups in total. The number of hydrogen-bond donors (Lipinski definition) is 1. The predicted molar refractivity (Wildman–Crippen MR) is 104 cm³/mol. The summed E-state index contributed by atoms with van der Waals surface area (Å²) in [7, 11) is 7.52. The summed E-state index contributed by atoms with van der Waals surface area (Å²) in [5.74, 6) is 1.74. The highest BCUT2D eigenvalue weighted by Gasteiger charge is 2.10. The lowest BCUT2D eigenvalue weighted by molar-refractivity contribution is -0.121. The molecule has 0 spiro atoms. The maximum absolute atomic E-state index is 12.1. The Morgan fingerprint density at radius 3 is 2.12 bits per heavy atom. The van der Waals surface area contributed by atoms with Gasteiger partial charge in [-0.3, -0.25) is 4.79 Å². The fourth-order valence-electron chi connectivity index (χ4n) is 2.40. The van der Waals surface area contributed by atoms with Gasteiger partial charge in [0, 0.05) is 34.6 Å². The average Bonchev–Trinajstić information content (AvgIpc) is 2.64. The SMILES string of the molecule is CN(C)c1nc(CNC(=O)CCCCc2ccccc2)nc(N(C)C)n1. The number of carbonyl (C=O) groups excluding carboxylic acids is 1. The zero-order valence-corrected chi connectivity index (χ0v) is 16.1. The van der Waals surface area contributed by atoms with E-state index in [1.807, 2.05) is 56.2 Å². The van der Waals surface area contributed by atoms with E-state index < -0.39 is 0 Å². The number of rotatable bonds is 9. The minimum Gasteiger partial charge on any atom is -0.349 e. The molecule has 26 heavy (non-hydrogen) atoms. The van der Waals surface area contributed by atoms with E-state index in [0.717, 1.165) is 19.3 Å². The maximum atomic E-state index is 12.1. The van der Waals surface area contributed by atoms with Gasteiger partial charge in [-0.15, -0.1) is 0 Å². The van der Waals surface area contributed by atoms with Gasteiger partial charge in [0.25, 0.3) is 0 Å². The Kier molecular flexibility index (Phi) is 7.32. The van der Waals surface area contributed by atoms with E-state index in [1.165, 1.54) is 5.56 Å². The molecule has 140 valence electrons. The van der Waals surface area contributed by atoms with Crippen molar-refractivity contribution in [3.8, 4) is 0 Å². The Balaban J connectivity index is 1.79. The summed E-state index contributed by atoms with van der Waals surface area (Å²) in [6.45, 7) is 0.307. The monoisotopic (exact) mass is 356 g/mol. The van der Waals surface area contributed by atoms with E-state index in [0.29, 0.717) is 30.7 Å². The Hall–Kier alpha value is -2.70. The summed E-state index contributed by atoms with van der Waals surface area (Å²) >= 11 is 0. The zero-order chi connectivity index (χ0) is 18.9. The number of aryl methyl sites for hydroxylation is 1. The molecule has 0 atom stereocenters. The van der Waals surface area contributed by atoms with Gasteiger partial charge >= 0.3 is 0 Å². The van der Waals surface area contributed by atoms with Crippen molar-refractivity contribution in [2.45, 2.75) is 32.2 Å². The van der Waals surface area contributed by atoms with E-state index in [4.69, 9.17) is 0 Å². The van der Waals surface area contributed by atoms with Crippen LogP contribution in [0.2, 0.25) is 0 Å². The summed E-state index contributed by atoms with van der Waals surface area (Å²) < 4.78 is 0. The van der Waals surface area contributed by atoms with Gasteiger partial charge in [0.15, 0.2) is 5.82 Å². The van der Waals surface area contributed by atoms with Gasteiger partial charge in [0.05, 0.1) is 6.54 Å². The molecule has 0 fully saturated rings. The molecule has 1 aromatic heterocycles. The Morgan fingerprint density at radius 2 is 1.54 bits per heavy atom. The third-order valence-electron chi connectivity index (χ3n) is 3.86. The van der Waals surface area contributed by atoms with Crippen LogP contribution >= 0.6 is 0 Å². The molecule has 0 aliphatic rings. The first-order chi connectivity index (χ1) is 12.5. The number of aromatic nitrogens is 3. The van der Waals surface area contributed by atoms with Crippen LogP contribution in [0.25, 0.3) is 0 Å². The number of carbonyl (C=O) groups is 1. The van der Waals surface area contributed by atoms with E-state index >= 15 is 0 Å². The minimum atomic E-state index is 0.0243. The molecule has 0 aliphatic carbocycles. The van der Waals surface area contributed by atoms with Crippen LogP contribution in [0.15, 0.2) is 30.3 Å². The molecule has 0 saturated heterocycles. The topological polar surface area (TPSA) is 74.2 Å². The molecule has 0 bridgehead atoms. The van der Waals surface area contributed by atoms with Gasteiger partial charge < -0.3 is 15.1 Å². The summed E-state index contributed by atoms with van der Waals surface area (Å²) in [4.78, 5) is 28.8. The van der Waals surface area contributed by atoms with Crippen molar-refractivity contribution in [2.75, 3.05) is 38.0 Å². The lowest BCUT2D eigenvalue weighted by Gasteiger charge is -2.16. The molecule has 2 aromatic rings. The number of benzene rings is 1. The second-order valence-corrected chi connectivity index (χ2v) is 6.61. The molecule has 7 nitrogen and oxygen atoms in total. The molecule has 1 amide bonds. The van der Waals surface area contributed by atoms with Gasteiger partial charge in [-0.25, -0.2) is 0 Å². The first kappa shape index (κ1) is 19.6. The zero-order valence-electron chi connectivity index (χ0n) is 16.1. The molecule has 0 aliphatic heterocycles. The molecule has 1 aromatic carbocycles. The van der Waals surface area contributed by atoms with E-state index in [-0.39, 0.29) is 5.91 Å². The second kappa shape index (κ2) is 9.70. The highest BCUT2D eigenvalue weighted by molar-refractivity contribution is 5.75. The first-order valence-corrected chi connectivity index (χ1v) is 8.86. The van der Waals surface area contributed by atoms with Gasteiger partial charge in [0.2, 0.25) is 17.8 Å². The number of amides is 1. The smallest absolute Gasteiger partial charge is 0.229 e. The van der Waals surface area contributed by atoms with E-state index in [9.17, 15) is 4.79 Å². The summed E-state index contributed by atoms with van der Waals surface area (Å²) in [6.07, 6.45) is 3.38. The third-order valence-corrected chi connectivity index (χ3v) is 3.86. The minimum absolute atomic E-state index is 0.0243. The summed E-state index contributed by atoms with van der Waals surface area (Å²) in [5, 5.41) is 2.90. The molecular weight excluding hydrogens is 328 g/mol. The van der Waals surface area contributed by atoms with Crippen molar-refractivity contribution in [1.82, 2.24) is 20.3 Å². The van der Waals surface area contributed by atoms with Crippen LogP contribution in [0, 0.1) is 0 Å². The number of anilines is 2. The van der Waals surface area contributed by atoms with Crippen LogP contribution in [0.4, 0.5) is 11.9 Å². The van der Waals surface area contributed by atoms with Gasteiger partial charge in [-0.2, -0.15) is 15.0 Å². The summed E-state index contributed by atoms with van der Waals surface area (Å²) in [5.41, 5.74) is 1.31. The van der Waals surface area contributed by atoms with Crippen LogP contribution in [0.3, 0.4) is 0 Å². The van der Waals surface area contributed by atoms with Crippen molar-refractivity contribution in [3.05, 3.63) is 41.7 Å². The van der Waals surface area contributed by atoms with Gasteiger partial charge in [0.1, 0.15) is 0 Å². The van der Waals surface area contributed by atoms with Crippen LogP contribution in [-0.2, 0) is 17.8 Å². The van der Waals surface area contributed by atoms with Crippen LogP contribution < -0.4 is 15.1 Å². The van der Waals surface area contributed by atoms with Crippen molar-refractivity contribution in [3.63, 3.8) is 0 Å². The number of unbranched alkanes of at least 4 members (excludes halogenated alkanes) is 1. The molecule has 2 rings (SSSR count). The van der Waals surface area contributed by atoms with Crippen molar-refractivity contribution in [2.24, 2.45) is 0 Å². The molecule has 0 saturated carbocycles. The van der Waals surface area contributed by atoms with E-state index in [1.54, 1.807) is 0 Å². The lowest BCUT2D eigenvalue weighted by atomic mass is 10.1. The molecule has 0 unspecified atom stereocenters. The quantitative estimate of drug-likeness (QED) is 0.693. The van der Waals surface area contributed by atoms with Crippen LogP contribution in [-0.4, -0.2) is 49.0 Å². The maximum Gasteiger partial charge on any atom is 0.229 e. The van der Waals surface area contributed by atoms with Gasteiger partial charge in [-0.05, 0) is 24.8 Å². The first-order valence-electron chi connectivity index (χ1n) is 8.86. The second-order valence-electron chi connectivity index (χ2n) is 6.61. The van der Waals surface area contributed by atoms with Gasteiger partial charge in [-0.1, -0.05) is 30.3 Å². The van der Waals surface area contributed by atoms with E-state index in [2.05, 4.69) is 32.4 Å². The molecule has 1 heterocycles. The van der Waals surface area contributed by atoms with Crippen molar-refractivity contribution in [1.29, 1.82) is 0 Å². The molecule has 0 radical (unpaired) electrons. The largest absolute Gasteiger partial charge is 0.349 e.